The van der Waals surface area contributed by atoms with Gasteiger partial charge in [0.15, 0.2) is 0 Å². The van der Waals surface area contributed by atoms with Crippen LogP contribution in [0, 0.1) is 0 Å². The topological polar surface area (TPSA) is 91.3 Å². The highest BCUT2D eigenvalue weighted by Crippen LogP contribution is 2.06. The van der Waals surface area contributed by atoms with E-state index in [0.717, 1.165) is 17.0 Å². The van der Waals surface area contributed by atoms with Crippen LogP contribution >= 0.6 is 0 Å². The molecule has 0 saturated heterocycles. The Hall–Kier alpha value is -2.37. The van der Waals surface area contributed by atoms with Crippen LogP contribution in [0.1, 0.15) is 12.5 Å². The second-order valence-electron chi connectivity index (χ2n) is 3.23. The molecule has 0 fully saturated rings. The van der Waals surface area contributed by atoms with E-state index in [0.29, 0.717) is 0 Å². The van der Waals surface area contributed by atoms with Crippen molar-refractivity contribution in [3.63, 3.8) is 0 Å². The van der Waals surface area contributed by atoms with Gasteiger partial charge in [0.1, 0.15) is 5.95 Å². The quantitative estimate of drug-likeness (QED) is 0.324. The van der Waals surface area contributed by atoms with E-state index in [1.807, 2.05) is 19.1 Å². The lowest BCUT2D eigenvalue weighted by Crippen LogP contribution is -2.31. The van der Waals surface area contributed by atoms with Crippen LogP contribution in [0.15, 0.2) is 40.1 Å². The number of hydrogen-bond acceptors (Lipinski definition) is 5. The average Bonchev–Trinajstić information content (AvgIpc) is 2.75. The van der Waals surface area contributed by atoms with Gasteiger partial charge in [-0.3, -0.25) is 0 Å². The lowest BCUT2D eigenvalue weighted by molar-refractivity contribution is -0.670. The van der Waals surface area contributed by atoms with Gasteiger partial charge in [-0.15, -0.1) is 0 Å². The van der Waals surface area contributed by atoms with Crippen molar-refractivity contribution in [2.24, 2.45) is 10.9 Å². The van der Waals surface area contributed by atoms with Crippen molar-refractivity contribution in [2.45, 2.75) is 6.92 Å². The molecule has 2 N–H and O–H groups in total. The van der Waals surface area contributed by atoms with Gasteiger partial charge in [0.25, 0.3) is 0 Å². The molecule has 0 spiro atoms. The standard InChI is InChI=1S/C10H10N4O2/c1-7(12-11)8-2-4-9(5-3-8)14-6-10(15)16-13-14/h2-6H,1H3,(H2-,11,13,15). The van der Waals surface area contributed by atoms with Crippen molar-refractivity contribution >= 4 is 5.71 Å². The highest BCUT2D eigenvalue weighted by atomic mass is 16.6. The van der Waals surface area contributed by atoms with E-state index in [4.69, 9.17) is 5.84 Å². The predicted octanol–water partition coefficient (Wildman–Crippen LogP) is -0.292. The van der Waals surface area contributed by atoms with Crippen molar-refractivity contribution < 1.29 is 14.3 Å². The predicted molar refractivity (Wildman–Crippen MR) is 53.9 cm³/mol. The van der Waals surface area contributed by atoms with Gasteiger partial charge in [-0.2, -0.15) is 5.10 Å². The fourth-order valence-electron chi connectivity index (χ4n) is 1.28. The van der Waals surface area contributed by atoms with Gasteiger partial charge in [0, 0.05) is 12.1 Å². The van der Waals surface area contributed by atoms with Gasteiger partial charge < -0.3 is 15.5 Å². The summed E-state index contributed by atoms with van der Waals surface area (Å²) in [6, 6.07) is 7.28. The summed E-state index contributed by atoms with van der Waals surface area (Å²) in [6.45, 7) is 1.81. The van der Waals surface area contributed by atoms with Crippen LogP contribution in [0.3, 0.4) is 0 Å². The van der Waals surface area contributed by atoms with Gasteiger partial charge in [-0.25, -0.2) is 0 Å². The van der Waals surface area contributed by atoms with Crippen LogP contribution in [0.4, 0.5) is 0 Å². The second kappa shape index (κ2) is 4.01. The summed E-state index contributed by atoms with van der Waals surface area (Å²) in [5.41, 5.74) is 2.39. The minimum Gasteiger partial charge on any atom is -0.539 e. The smallest absolute Gasteiger partial charge is 0.239 e. The zero-order valence-corrected chi connectivity index (χ0v) is 8.62. The Morgan fingerprint density at radius 1 is 1.44 bits per heavy atom. The lowest BCUT2D eigenvalue weighted by Gasteiger charge is -1.97. The van der Waals surface area contributed by atoms with Crippen LogP contribution < -0.4 is 15.6 Å². The summed E-state index contributed by atoms with van der Waals surface area (Å²) in [5.74, 6) is 4.69. The molecule has 6 heteroatoms. The normalized spacial score (nSPS) is 11.7. The zero-order chi connectivity index (χ0) is 11.5. The van der Waals surface area contributed by atoms with Crippen molar-refractivity contribution in [3.05, 3.63) is 36.0 Å². The third kappa shape index (κ3) is 1.85. The SMILES string of the molecule is C/C(=N\N)c1ccc(-[n+]2cc([O-])on2)cc1. The highest BCUT2D eigenvalue weighted by Gasteiger charge is 2.08. The summed E-state index contributed by atoms with van der Waals surface area (Å²) in [5, 5.41) is 17.9. The first-order valence-electron chi connectivity index (χ1n) is 4.61. The summed E-state index contributed by atoms with van der Waals surface area (Å²) in [4.78, 5) is 0. The Morgan fingerprint density at radius 3 is 2.62 bits per heavy atom. The number of benzene rings is 1. The molecular weight excluding hydrogens is 208 g/mol. The molecule has 0 radical (unpaired) electrons. The van der Waals surface area contributed by atoms with E-state index in [1.165, 1.54) is 10.9 Å². The molecule has 0 aliphatic heterocycles. The van der Waals surface area contributed by atoms with E-state index in [9.17, 15) is 5.11 Å². The van der Waals surface area contributed by atoms with E-state index in [2.05, 4.69) is 14.9 Å². The van der Waals surface area contributed by atoms with Crippen LogP contribution in [0.25, 0.3) is 5.69 Å². The van der Waals surface area contributed by atoms with E-state index in [1.54, 1.807) is 12.1 Å². The van der Waals surface area contributed by atoms with Gasteiger partial charge >= 0.3 is 0 Å². The molecule has 1 aromatic heterocycles. The number of hydrogen-bond donors (Lipinski definition) is 1. The van der Waals surface area contributed by atoms with Crippen molar-refractivity contribution in [3.8, 4) is 11.6 Å². The Kier molecular flexibility index (Phi) is 2.55. The van der Waals surface area contributed by atoms with E-state index < -0.39 is 5.95 Å². The number of rotatable bonds is 2. The summed E-state index contributed by atoms with van der Waals surface area (Å²) < 4.78 is 5.79. The monoisotopic (exact) mass is 218 g/mol. The second-order valence-corrected chi connectivity index (χ2v) is 3.23. The Bertz CT molecular complexity index is 516. The zero-order valence-electron chi connectivity index (χ0n) is 8.62. The molecule has 0 aliphatic carbocycles. The molecule has 0 bridgehead atoms. The molecule has 0 amide bonds. The molecule has 16 heavy (non-hydrogen) atoms. The largest absolute Gasteiger partial charge is 0.539 e. The molecule has 0 saturated carbocycles. The number of hydrazone groups is 1. The molecule has 2 rings (SSSR count). The maximum atomic E-state index is 10.8. The van der Waals surface area contributed by atoms with Crippen molar-refractivity contribution in [1.29, 1.82) is 0 Å². The van der Waals surface area contributed by atoms with Crippen LogP contribution in [-0.2, 0) is 0 Å². The summed E-state index contributed by atoms with van der Waals surface area (Å²) >= 11 is 0. The molecule has 0 aliphatic rings. The number of nitrogens with two attached hydrogens (primary N) is 1. The van der Waals surface area contributed by atoms with Crippen LogP contribution in [-0.4, -0.2) is 11.0 Å². The van der Waals surface area contributed by atoms with Crippen molar-refractivity contribution in [2.75, 3.05) is 0 Å². The molecule has 0 atom stereocenters. The van der Waals surface area contributed by atoms with Crippen LogP contribution in [0.5, 0.6) is 5.95 Å². The molecule has 2 aromatic rings. The molecule has 1 heterocycles. The van der Waals surface area contributed by atoms with Crippen LogP contribution in [0.2, 0.25) is 0 Å². The van der Waals surface area contributed by atoms with Crippen molar-refractivity contribution in [1.82, 2.24) is 5.27 Å². The summed E-state index contributed by atoms with van der Waals surface area (Å²) in [6.07, 6.45) is 1.26. The van der Waals surface area contributed by atoms with E-state index >= 15 is 0 Å². The first-order valence-corrected chi connectivity index (χ1v) is 4.61. The molecule has 1 aromatic carbocycles. The third-order valence-electron chi connectivity index (χ3n) is 2.19. The maximum absolute atomic E-state index is 10.8. The maximum Gasteiger partial charge on any atom is 0.239 e. The first-order chi connectivity index (χ1) is 7.70. The molecule has 0 unspecified atom stereocenters. The molecule has 6 nitrogen and oxygen atoms in total. The molecular formula is C10H10N4O2. The highest BCUT2D eigenvalue weighted by molar-refractivity contribution is 5.98. The minimum atomic E-state index is -0.483. The number of aromatic nitrogens is 2. The summed E-state index contributed by atoms with van der Waals surface area (Å²) in [7, 11) is 0. The van der Waals surface area contributed by atoms with Gasteiger partial charge in [-0.05, 0) is 29.3 Å². The Labute approximate surface area is 91.6 Å². The van der Waals surface area contributed by atoms with Gasteiger partial charge in [0.2, 0.25) is 11.9 Å². The lowest BCUT2D eigenvalue weighted by atomic mass is 10.1. The fraction of sp³-hybridized carbons (Fsp3) is 0.100. The first kappa shape index (κ1) is 10.2. The van der Waals surface area contributed by atoms with Gasteiger partial charge in [-0.1, -0.05) is 0 Å². The Morgan fingerprint density at radius 2 is 2.12 bits per heavy atom. The van der Waals surface area contributed by atoms with Gasteiger partial charge in [0.05, 0.1) is 11.0 Å². The average molecular weight is 218 g/mol. The van der Waals surface area contributed by atoms with E-state index in [-0.39, 0.29) is 0 Å². The fourth-order valence-corrected chi connectivity index (χ4v) is 1.28. The molecule has 82 valence electrons. The Balaban J connectivity index is 2.33. The number of nitrogens with zero attached hydrogens (tertiary/aromatic N) is 3. The minimum absolute atomic E-state index is 0.483. The third-order valence-corrected chi connectivity index (χ3v) is 2.19.